The topological polar surface area (TPSA) is 127 Å². The Morgan fingerprint density at radius 1 is 1.32 bits per heavy atom. The number of fused-ring (bicyclic) bond motifs is 1. The summed E-state index contributed by atoms with van der Waals surface area (Å²) in [7, 11) is 0. The summed E-state index contributed by atoms with van der Waals surface area (Å²) in [6.45, 7) is 1.37. The molecule has 2 aliphatic rings. The first-order chi connectivity index (χ1) is 10.3. The molecule has 0 radical (unpaired) electrons. The zero-order valence-corrected chi connectivity index (χ0v) is 12.1. The zero-order valence-electron chi connectivity index (χ0n) is 11.2. The number of hydrogen-bond donors (Lipinski definition) is 1. The summed E-state index contributed by atoms with van der Waals surface area (Å²) < 4.78 is 0. The van der Waals surface area contributed by atoms with Gasteiger partial charge in [0.25, 0.3) is 17.7 Å². The molecule has 0 aliphatic carbocycles. The van der Waals surface area contributed by atoms with Crippen molar-refractivity contribution in [2.24, 2.45) is 0 Å². The SMILES string of the molecule is CC1(N2C(=O)c3csc([N+](=O)[O-])c3C2=O)CCC(=O)NC1=O. The van der Waals surface area contributed by atoms with Crippen LogP contribution in [0.15, 0.2) is 5.38 Å². The summed E-state index contributed by atoms with van der Waals surface area (Å²) in [6, 6.07) is 0. The molecule has 4 amide bonds. The summed E-state index contributed by atoms with van der Waals surface area (Å²) in [5, 5.41) is 13.9. The van der Waals surface area contributed by atoms with Crippen LogP contribution in [-0.2, 0) is 9.59 Å². The monoisotopic (exact) mass is 323 g/mol. The van der Waals surface area contributed by atoms with Gasteiger partial charge < -0.3 is 0 Å². The van der Waals surface area contributed by atoms with Gasteiger partial charge in [0, 0.05) is 11.8 Å². The van der Waals surface area contributed by atoms with Crippen LogP contribution in [-0.4, -0.2) is 39.0 Å². The lowest BCUT2D eigenvalue weighted by atomic mass is 9.89. The number of rotatable bonds is 2. The van der Waals surface area contributed by atoms with E-state index in [1.807, 2.05) is 0 Å². The molecule has 0 saturated carbocycles. The fourth-order valence-corrected chi connectivity index (χ4v) is 3.48. The second kappa shape index (κ2) is 4.44. The van der Waals surface area contributed by atoms with E-state index >= 15 is 0 Å². The Labute approximate surface area is 127 Å². The molecule has 10 heteroatoms. The maximum atomic E-state index is 12.5. The highest BCUT2D eigenvalue weighted by Gasteiger charge is 2.55. The molecule has 1 atom stereocenters. The highest BCUT2D eigenvalue weighted by Crippen LogP contribution is 2.40. The first kappa shape index (κ1) is 14.3. The third-order valence-corrected chi connectivity index (χ3v) is 4.79. The molecule has 1 unspecified atom stereocenters. The van der Waals surface area contributed by atoms with Gasteiger partial charge in [-0.25, -0.2) is 0 Å². The standard InChI is InChI=1S/C12H9N3O6S/c1-12(3-2-6(16)13-11(12)19)14-8(17)5-4-22-10(15(20)21)7(5)9(14)18/h4H,2-3H2,1H3,(H,13,16,19). The molecule has 0 spiro atoms. The number of amides is 4. The molecule has 3 heterocycles. The zero-order chi connectivity index (χ0) is 16.2. The molecule has 0 bridgehead atoms. The number of carbonyl (C=O) groups excluding carboxylic acids is 4. The summed E-state index contributed by atoms with van der Waals surface area (Å²) in [6.07, 6.45) is -0.0368. The predicted octanol–water partition coefficient (Wildman–Crippen LogP) is 0.448. The van der Waals surface area contributed by atoms with E-state index in [0.29, 0.717) is 11.3 Å². The number of carbonyl (C=O) groups is 4. The molecule has 2 aliphatic heterocycles. The van der Waals surface area contributed by atoms with Crippen molar-refractivity contribution in [2.75, 3.05) is 0 Å². The van der Waals surface area contributed by atoms with Crippen LogP contribution < -0.4 is 5.32 Å². The van der Waals surface area contributed by atoms with E-state index in [1.165, 1.54) is 12.3 Å². The highest BCUT2D eigenvalue weighted by atomic mass is 32.1. The fraction of sp³-hybridized carbons (Fsp3) is 0.333. The van der Waals surface area contributed by atoms with Crippen LogP contribution in [0.5, 0.6) is 0 Å². The molecular formula is C12H9N3O6S. The Bertz CT molecular complexity index is 769. The molecule has 1 aromatic rings. The summed E-state index contributed by atoms with van der Waals surface area (Å²) in [4.78, 5) is 59.1. The summed E-state index contributed by atoms with van der Waals surface area (Å²) >= 11 is 0.694. The van der Waals surface area contributed by atoms with Gasteiger partial charge in [-0.05, 0) is 13.3 Å². The van der Waals surface area contributed by atoms with E-state index in [9.17, 15) is 29.3 Å². The van der Waals surface area contributed by atoms with Gasteiger partial charge in [0.2, 0.25) is 5.91 Å². The number of hydrogen-bond acceptors (Lipinski definition) is 7. The normalized spacial score (nSPS) is 24.5. The largest absolute Gasteiger partial charge is 0.337 e. The number of nitrogens with one attached hydrogen (secondary N) is 1. The minimum absolute atomic E-state index is 0.0172. The number of thiophene rings is 1. The van der Waals surface area contributed by atoms with Crippen molar-refractivity contribution in [1.29, 1.82) is 0 Å². The van der Waals surface area contributed by atoms with E-state index < -0.39 is 39.1 Å². The maximum absolute atomic E-state index is 12.5. The van der Waals surface area contributed by atoms with Crippen LogP contribution in [0.2, 0.25) is 0 Å². The van der Waals surface area contributed by atoms with E-state index in [0.717, 1.165) is 4.90 Å². The van der Waals surface area contributed by atoms with Crippen molar-refractivity contribution in [3.8, 4) is 0 Å². The van der Waals surface area contributed by atoms with Crippen molar-refractivity contribution in [3.63, 3.8) is 0 Å². The molecule has 114 valence electrons. The predicted molar refractivity (Wildman–Crippen MR) is 72.3 cm³/mol. The van der Waals surface area contributed by atoms with Crippen molar-refractivity contribution >= 4 is 40.0 Å². The van der Waals surface area contributed by atoms with Gasteiger partial charge >= 0.3 is 5.00 Å². The van der Waals surface area contributed by atoms with Gasteiger partial charge in [0.05, 0.1) is 10.5 Å². The number of nitrogens with zero attached hydrogens (tertiary/aromatic N) is 2. The quantitative estimate of drug-likeness (QED) is 0.478. The van der Waals surface area contributed by atoms with Crippen LogP contribution in [0, 0.1) is 10.1 Å². The van der Waals surface area contributed by atoms with E-state index in [2.05, 4.69) is 5.32 Å². The molecule has 3 rings (SSSR count). The molecule has 1 N–H and O–H groups in total. The average molecular weight is 323 g/mol. The van der Waals surface area contributed by atoms with E-state index in [1.54, 1.807) is 0 Å². The summed E-state index contributed by atoms with van der Waals surface area (Å²) in [5.41, 5.74) is -1.90. The van der Waals surface area contributed by atoms with Crippen LogP contribution >= 0.6 is 11.3 Å². The highest BCUT2D eigenvalue weighted by molar-refractivity contribution is 7.14. The number of piperidine rings is 1. The first-order valence-electron chi connectivity index (χ1n) is 6.26. The van der Waals surface area contributed by atoms with Gasteiger partial charge in [-0.15, -0.1) is 0 Å². The molecule has 1 aromatic heterocycles. The minimum Gasteiger partial charge on any atom is -0.294 e. The minimum atomic E-state index is -1.54. The summed E-state index contributed by atoms with van der Waals surface area (Å²) in [5.74, 6) is -2.88. The third-order valence-electron chi connectivity index (χ3n) is 3.86. The Morgan fingerprint density at radius 2 is 2.00 bits per heavy atom. The van der Waals surface area contributed by atoms with Gasteiger partial charge in [-0.3, -0.25) is 39.5 Å². The van der Waals surface area contributed by atoms with Crippen molar-refractivity contribution in [2.45, 2.75) is 25.3 Å². The smallest absolute Gasteiger partial charge is 0.294 e. The molecule has 0 aromatic carbocycles. The average Bonchev–Trinajstić information content (AvgIpc) is 2.97. The fourth-order valence-electron chi connectivity index (χ4n) is 2.63. The second-order valence-electron chi connectivity index (χ2n) is 5.18. The number of nitro groups is 1. The Morgan fingerprint density at radius 3 is 2.59 bits per heavy atom. The van der Waals surface area contributed by atoms with Crippen LogP contribution in [0.25, 0.3) is 0 Å². The van der Waals surface area contributed by atoms with Gasteiger partial charge in [-0.2, -0.15) is 0 Å². The lowest BCUT2D eigenvalue weighted by molar-refractivity contribution is -0.380. The van der Waals surface area contributed by atoms with Crippen LogP contribution in [0.4, 0.5) is 5.00 Å². The number of imide groups is 2. The van der Waals surface area contributed by atoms with Gasteiger partial charge in [0.1, 0.15) is 11.1 Å². The van der Waals surface area contributed by atoms with Crippen LogP contribution in [0.1, 0.15) is 40.5 Å². The van der Waals surface area contributed by atoms with Crippen LogP contribution in [0.3, 0.4) is 0 Å². The maximum Gasteiger partial charge on any atom is 0.337 e. The van der Waals surface area contributed by atoms with Crippen molar-refractivity contribution < 1.29 is 24.1 Å². The lowest BCUT2D eigenvalue weighted by Crippen LogP contribution is -2.62. The molecule has 22 heavy (non-hydrogen) atoms. The van der Waals surface area contributed by atoms with E-state index in [4.69, 9.17) is 0 Å². The Hall–Kier alpha value is -2.62. The van der Waals surface area contributed by atoms with Crippen molar-refractivity contribution in [3.05, 3.63) is 26.6 Å². The second-order valence-corrected chi connectivity index (χ2v) is 6.04. The molecule has 1 saturated heterocycles. The lowest BCUT2D eigenvalue weighted by Gasteiger charge is -2.38. The van der Waals surface area contributed by atoms with Crippen molar-refractivity contribution in [1.82, 2.24) is 10.2 Å². The van der Waals surface area contributed by atoms with Gasteiger partial charge in [0.15, 0.2) is 0 Å². The Kier molecular flexibility index (Phi) is 2.89. The molecular weight excluding hydrogens is 314 g/mol. The first-order valence-corrected chi connectivity index (χ1v) is 7.14. The Balaban J connectivity index is 2.06. The van der Waals surface area contributed by atoms with E-state index in [-0.39, 0.29) is 24.0 Å². The molecule has 9 nitrogen and oxygen atoms in total. The molecule has 1 fully saturated rings. The third kappa shape index (κ3) is 1.70. The van der Waals surface area contributed by atoms with Gasteiger partial charge in [-0.1, -0.05) is 11.3 Å².